The van der Waals surface area contributed by atoms with Crippen molar-refractivity contribution in [2.24, 2.45) is 0 Å². The van der Waals surface area contributed by atoms with Crippen LogP contribution in [0.4, 0.5) is 19.7 Å². The van der Waals surface area contributed by atoms with Crippen molar-refractivity contribution < 1.29 is 43.7 Å². The van der Waals surface area contributed by atoms with Crippen molar-refractivity contribution in [2.45, 2.75) is 50.7 Å². The Kier molecular flexibility index (Phi) is 12.1. The summed E-state index contributed by atoms with van der Waals surface area (Å²) in [6.45, 7) is -0.225. The van der Waals surface area contributed by atoms with E-state index in [2.05, 4.69) is 31.6 Å². The molecule has 2 aromatic rings. The number of nitrogens with zero attached hydrogens (tertiary/aromatic N) is 3. The van der Waals surface area contributed by atoms with E-state index >= 15 is 0 Å². The summed E-state index contributed by atoms with van der Waals surface area (Å²) in [5, 5.41) is 44.4. The average Bonchev–Trinajstić information content (AvgIpc) is 3.34. The van der Waals surface area contributed by atoms with Crippen LogP contribution in [0.1, 0.15) is 32.1 Å². The summed E-state index contributed by atoms with van der Waals surface area (Å²) in [6, 6.07) is 2.43. The number of amides is 4. The Hall–Kier alpha value is -4.76. The summed E-state index contributed by atoms with van der Waals surface area (Å²) in [5.41, 5.74) is 1.81. The molecule has 212 valence electrons. The fourth-order valence-corrected chi connectivity index (χ4v) is 3.34. The van der Waals surface area contributed by atoms with Crippen LogP contribution < -0.4 is 21.3 Å². The molecular weight excluding hydrogens is 521 g/mol. The van der Waals surface area contributed by atoms with Gasteiger partial charge in [0, 0.05) is 24.2 Å². The number of aryl methyl sites for hydroxylation is 1. The number of aromatic nitrogens is 3. The highest BCUT2D eigenvalue weighted by molar-refractivity contribution is 5.89. The van der Waals surface area contributed by atoms with Crippen molar-refractivity contribution in [3.05, 3.63) is 30.5 Å². The largest absolute Gasteiger partial charge is 0.481 e. The lowest BCUT2D eigenvalue weighted by Crippen LogP contribution is -2.51. The Bertz CT molecular complexity index is 1140. The number of nitrogens with one attached hydrogen (secondary N) is 4. The molecule has 2 rings (SSSR count). The number of anilines is 1. The molecule has 7 N–H and O–H groups in total. The van der Waals surface area contributed by atoms with Crippen molar-refractivity contribution >= 4 is 35.7 Å². The molecule has 0 saturated carbocycles. The zero-order valence-corrected chi connectivity index (χ0v) is 20.8. The Balaban J connectivity index is 1.71. The molecule has 4 amide bonds. The van der Waals surface area contributed by atoms with Crippen LogP contribution in [0.2, 0.25) is 0 Å². The number of carbonyl (C=O) groups is 5. The van der Waals surface area contributed by atoms with E-state index in [1.165, 1.54) is 4.68 Å². The first kappa shape index (κ1) is 30.5. The van der Waals surface area contributed by atoms with E-state index in [0.29, 0.717) is 24.2 Å². The number of urea groups is 2. The molecule has 15 nitrogen and oxygen atoms in total. The summed E-state index contributed by atoms with van der Waals surface area (Å²) < 4.78 is 13.8. The fraction of sp³-hybridized carbons (Fsp3) is 0.435. The molecule has 0 aliphatic heterocycles. The Morgan fingerprint density at radius 3 is 2.13 bits per heavy atom. The quantitative estimate of drug-likeness (QED) is 0.148. The van der Waals surface area contributed by atoms with E-state index in [9.17, 15) is 33.5 Å². The number of aliphatic carboxylic acids is 3. The van der Waals surface area contributed by atoms with Gasteiger partial charge in [-0.15, -0.1) is 5.10 Å². The molecule has 39 heavy (non-hydrogen) atoms. The zero-order chi connectivity index (χ0) is 28.8. The lowest BCUT2D eigenvalue weighted by atomic mass is 10.1. The normalized spacial score (nSPS) is 12.1. The van der Waals surface area contributed by atoms with Crippen molar-refractivity contribution in [1.82, 2.24) is 30.9 Å². The van der Waals surface area contributed by atoms with Gasteiger partial charge in [-0.1, -0.05) is 17.3 Å². The number of halogens is 1. The fourth-order valence-electron chi connectivity index (χ4n) is 3.34. The lowest BCUT2D eigenvalue weighted by molar-refractivity contribution is -0.140. The number of unbranched alkanes of at least 4 members (excludes halogenated alkanes) is 1. The van der Waals surface area contributed by atoms with E-state index < -0.39 is 55.1 Å². The van der Waals surface area contributed by atoms with E-state index in [1.807, 2.05) is 0 Å². The third kappa shape index (κ3) is 11.0. The monoisotopic (exact) mass is 551 g/mol. The lowest BCUT2D eigenvalue weighted by Gasteiger charge is -2.18. The highest BCUT2D eigenvalue weighted by Gasteiger charge is 2.24. The SMILES string of the molecule is O=C(O)CCC(NC(=O)NC(CCCCNC(=O)Nc1ccc(-c2cn(CCF)nn2)cc1)C(=O)O)C(=O)O. The molecular formula is C23H30FN7O8. The molecule has 16 heteroatoms. The molecule has 1 aromatic heterocycles. The second-order valence-electron chi connectivity index (χ2n) is 8.34. The van der Waals surface area contributed by atoms with E-state index in [0.717, 1.165) is 5.56 Å². The van der Waals surface area contributed by atoms with Crippen LogP contribution in [0.3, 0.4) is 0 Å². The van der Waals surface area contributed by atoms with E-state index in [4.69, 9.17) is 10.2 Å². The predicted molar refractivity (Wildman–Crippen MR) is 134 cm³/mol. The first-order chi connectivity index (χ1) is 18.6. The summed E-state index contributed by atoms with van der Waals surface area (Å²) in [4.78, 5) is 57.4. The molecule has 1 heterocycles. The van der Waals surface area contributed by atoms with Gasteiger partial charge >= 0.3 is 30.0 Å². The number of hydrogen-bond donors (Lipinski definition) is 7. The van der Waals surface area contributed by atoms with Crippen molar-refractivity contribution in [3.63, 3.8) is 0 Å². The smallest absolute Gasteiger partial charge is 0.326 e. The number of hydrogen-bond acceptors (Lipinski definition) is 7. The highest BCUT2D eigenvalue weighted by atomic mass is 19.1. The average molecular weight is 552 g/mol. The maximum absolute atomic E-state index is 12.4. The van der Waals surface area contributed by atoms with Crippen LogP contribution in [0.15, 0.2) is 30.5 Å². The van der Waals surface area contributed by atoms with Crippen LogP contribution in [-0.2, 0) is 20.9 Å². The van der Waals surface area contributed by atoms with Crippen LogP contribution in [0, 0.1) is 0 Å². The number of carbonyl (C=O) groups excluding carboxylic acids is 2. The first-order valence-electron chi connectivity index (χ1n) is 11.9. The number of alkyl halides is 1. The molecule has 0 aliphatic carbocycles. The van der Waals surface area contributed by atoms with Gasteiger partial charge in [0.1, 0.15) is 24.5 Å². The summed E-state index contributed by atoms with van der Waals surface area (Å²) in [5.74, 6) is -4.01. The maximum Gasteiger partial charge on any atom is 0.326 e. The van der Waals surface area contributed by atoms with Gasteiger partial charge in [0.2, 0.25) is 0 Å². The number of carboxylic acids is 3. The number of carboxylic acid groups (broad SMARTS) is 3. The Morgan fingerprint density at radius 2 is 1.54 bits per heavy atom. The van der Waals surface area contributed by atoms with E-state index in [-0.39, 0.29) is 25.9 Å². The molecule has 0 bridgehead atoms. The van der Waals surface area contributed by atoms with E-state index in [1.54, 1.807) is 30.5 Å². The standard InChI is InChI=1S/C23H30FN7O8/c24-10-12-31-13-18(29-30-31)14-4-6-15(7-5-14)26-22(38)25-11-2-1-3-16(20(34)35)27-23(39)28-17(21(36)37)8-9-19(32)33/h4-7,13,16-17H,1-3,8-12H2,(H,32,33)(H,34,35)(H,36,37)(H2,25,26,38)(H2,27,28,39). The summed E-state index contributed by atoms with van der Waals surface area (Å²) in [6.07, 6.45) is 1.48. The molecule has 2 unspecified atom stereocenters. The molecule has 0 aliphatic rings. The van der Waals surface area contributed by atoms with Crippen LogP contribution in [-0.4, -0.2) is 85.6 Å². The van der Waals surface area contributed by atoms with Crippen LogP contribution in [0.25, 0.3) is 11.3 Å². The van der Waals surface area contributed by atoms with Gasteiger partial charge in [0.05, 0.1) is 12.7 Å². The van der Waals surface area contributed by atoms with Crippen molar-refractivity contribution in [2.75, 3.05) is 18.5 Å². The van der Waals surface area contributed by atoms with Gasteiger partial charge in [0.15, 0.2) is 0 Å². The second-order valence-corrected chi connectivity index (χ2v) is 8.34. The summed E-state index contributed by atoms with van der Waals surface area (Å²) in [7, 11) is 0. The van der Waals surface area contributed by atoms with Gasteiger partial charge in [-0.05, 0) is 37.8 Å². The van der Waals surface area contributed by atoms with Crippen LogP contribution >= 0.6 is 0 Å². The third-order valence-electron chi connectivity index (χ3n) is 5.35. The van der Waals surface area contributed by atoms with Gasteiger partial charge in [-0.25, -0.2) is 28.3 Å². The minimum Gasteiger partial charge on any atom is -0.481 e. The minimum absolute atomic E-state index is 0.0102. The second kappa shape index (κ2) is 15.5. The van der Waals surface area contributed by atoms with Crippen molar-refractivity contribution in [1.29, 1.82) is 0 Å². The maximum atomic E-state index is 12.4. The molecule has 2 atom stereocenters. The molecule has 0 fully saturated rings. The van der Waals surface area contributed by atoms with Crippen molar-refractivity contribution in [3.8, 4) is 11.3 Å². The molecule has 1 aromatic carbocycles. The molecule has 0 spiro atoms. The van der Waals surface area contributed by atoms with Crippen LogP contribution in [0.5, 0.6) is 0 Å². The number of benzene rings is 1. The van der Waals surface area contributed by atoms with Gasteiger partial charge in [-0.2, -0.15) is 0 Å². The van der Waals surface area contributed by atoms with Gasteiger partial charge in [0.25, 0.3) is 0 Å². The molecule has 0 saturated heterocycles. The highest BCUT2D eigenvalue weighted by Crippen LogP contribution is 2.19. The topological polar surface area (TPSA) is 225 Å². The Labute approximate surface area is 221 Å². The minimum atomic E-state index is -1.49. The first-order valence-corrected chi connectivity index (χ1v) is 11.9. The van der Waals surface area contributed by atoms with Gasteiger partial charge < -0.3 is 36.6 Å². The Morgan fingerprint density at radius 1 is 0.897 bits per heavy atom. The van der Waals surface area contributed by atoms with Gasteiger partial charge in [-0.3, -0.25) is 4.79 Å². The third-order valence-corrected chi connectivity index (χ3v) is 5.35. The predicted octanol–water partition coefficient (Wildman–Crippen LogP) is 1.28. The molecule has 0 radical (unpaired) electrons. The number of rotatable bonds is 16. The summed E-state index contributed by atoms with van der Waals surface area (Å²) >= 11 is 0. The zero-order valence-electron chi connectivity index (χ0n) is 20.8.